The molecule has 0 unspecified atom stereocenters. The molecule has 0 aromatic heterocycles. The van der Waals surface area contributed by atoms with Gasteiger partial charge in [0.1, 0.15) is 18.7 Å². The van der Waals surface area contributed by atoms with Crippen molar-refractivity contribution in [2.75, 3.05) is 6.54 Å². The molecule has 1 fully saturated rings. The molecule has 1 aliphatic heterocycles. The van der Waals surface area contributed by atoms with Crippen LogP contribution in [-0.4, -0.2) is 53.4 Å². The highest BCUT2D eigenvalue weighted by Gasteiger charge is 2.46. The molecule has 1 heterocycles. The number of aryl methyl sites for hydroxylation is 2. The van der Waals surface area contributed by atoms with Gasteiger partial charge >= 0.3 is 6.09 Å². The van der Waals surface area contributed by atoms with Gasteiger partial charge in [-0.15, -0.1) is 0 Å². The largest absolute Gasteiger partial charge is 0.445 e. The maximum Gasteiger partial charge on any atom is 0.408 e. The van der Waals surface area contributed by atoms with E-state index >= 15 is 0 Å². The number of benzene rings is 4. The number of carbonyl (C=O) groups is 4. The van der Waals surface area contributed by atoms with Crippen LogP contribution >= 0.6 is 0 Å². The normalized spacial score (nSPS) is 21.1. The van der Waals surface area contributed by atoms with Crippen molar-refractivity contribution in [1.29, 1.82) is 0 Å². The number of hydrogen-bond donors (Lipinski definition) is 4. The molecule has 58 heavy (non-hydrogen) atoms. The minimum Gasteiger partial charge on any atom is -0.445 e. The topological polar surface area (TPSA) is 143 Å². The van der Waals surface area contributed by atoms with Gasteiger partial charge < -0.3 is 31.3 Å². The summed E-state index contributed by atoms with van der Waals surface area (Å²) in [5.74, 6) is -0.839. The number of rotatable bonds is 11. The summed E-state index contributed by atoms with van der Waals surface area (Å²) < 4.78 is 5.54. The van der Waals surface area contributed by atoms with Crippen LogP contribution in [-0.2, 0) is 45.0 Å². The van der Waals surface area contributed by atoms with Crippen LogP contribution in [0.4, 0.5) is 4.79 Å². The van der Waals surface area contributed by atoms with Crippen molar-refractivity contribution in [3.8, 4) is 0 Å². The predicted molar refractivity (Wildman–Crippen MR) is 225 cm³/mol. The van der Waals surface area contributed by atoms with Gasteiger partial charge in [-0.2, -0.15) is 0 Å². The van der Waals surface area contributed by atoms with Gasteiger partial charge in [0.25, 0.3) is 0 Å². The molecule has 4 amide bonds. The Morgan fingerprint density at radius 2 is 1.34 bits per heavy atom. The van der Waals surface area contributed by atoms with Crippen molar-refractivity contribution in [3.05, 3.63) is 142 Å². The van der Waals surface area contributed by atoms with Crippen LogP contribution in [0.3, 0.4) is 0 Å². The molecule has 5 N–H and O–H groups in total. The first-order valence-electron chi connectivity index (χ1n) is 20.8. The van der Waals surface area contributed by atoms with Gasteiger partial charge in [-0.05, 0) is 95.7 Å². The molecule has 0 radical (unpaired) electrons. The van der Waals surface area contributed by atoms with Crippen LogP contribution in [0.1, 0.15) is 110 Å². The molecular formula is C48H57N5O5. The van der Waals surface area contributed by atoms with E-state index in [1.807, 2.05) is 99.6 Å². The van der Waals surface area contributed by atoms with Crippen LogP contribution in [0.2, 0.25) is 0 Å². The Morgan fingerprint density at radius 3 is 1.97 bits per heavy atom. The van der Waals surface area contributed by atoms with E-state index in [-0.39, 0.29) is 42.3 Å². The number of amides is 4. The van der Waals surface area contributed by atoms with Crippen LogP contribution in [0.25, 0.3) is 0 Å². The maximum atomic E-state index is 14.7. The van der Waals surface area contributed by atoms with E-state index in [1.165, 1.54) is 16.7 Å². The molecule has 3 aliphatic rings. The van der Waals surface area contributed by atoms with Crippen molar-refractivity contribution in [3.63, 3.8) is 0 Å². The molecule has 0 saturated carbocycles. The molecule has 10 heteroatoms. The molecular weight excluding hydrogens is 727 g/mol. The number of nitrogens with one attached hydrogen (secondary N) is 3. The first kappa shape index (κ1) is 40.7. The molecule has 4 aromatic rings. The number of fused-ring (bicyclic) bond motifs is 2. The van der Waals surface area contributed by atoms with Crippen molar-refractivity contribution in [1.82, 2.24) is 20.9 Å². The summed E-state index contributed by atoms with van der Waals surface area (Å²) in [4.78, 5) is 57.1. The van der Waals surface area contributed by atoms with Crippen LogP contribution in [0.15, 0.2) is 103 Å². The number of nitrogens with zero attached hydrogens (tertiary/aromatic N) is 1. The SMILES string of the molecule is CC(C)(C)[C@H](NC(=O)OCc1ccccc1)C(=O)N1C[C@@H](c2ccc(C[C@H](N)C(=O)N[C@@H]3CCCc4ccccc43)cc2)C[C@H]1C(=O)N[C@@H]1CCCc2ccccc21. The average Bonchev–Trinajstić information content (AvgIpc) is 3.68. The van der Waals surface area contributed by atoms with Crippen molar-refractivity contribution >= 4 is 23.8 Å². The number of hydrogen-bond acceptors (Lipinski definition) is 6. The molecule has 7 rings (SSSR count). The van der Waals surface area contributed by atoms with Gasteiger partial charge in [0.15, 0.2) is 0 Å². The monoisotopic (exact) mass is 783 g/mol. The Kier molecular flexibility index (Phi) is 12.6. The molecule has 6 atom stereocenters. The van der Waals surface area contributed by atoms with Crippen molar-refractivity contribution in [2.24, 2.45) is 11.1 Å². The van der Waals surface area contributed by atoms with Crippen LogP contribution in [0.5, 0.6) is 0 Å². The number of likely N-dealkylation sites (tertiary alicyclic amines) is 1. The Hall–Kier alpha value is -5.48. The zero-order valence-electron chi connectivity index (χ0n) is 33.9. The van der Waals surface area contributed by atoms with Gasteiger partial charge in [-0.25, -0.2) is 4.79 Å². The second kappa shape index (κ2) is 18.0. The summed E-state index contributed by atoms with van der Waals surface area (Å²) in [6.45, 7) is 6.05. The third-order valence-corrected chi connectivity index (χ3v) is 12.1. The smallest absolute Gasteiger partial charge is 0.408 e. The lowest BCUT2D eigenvalue weighted by atomic mass is 9.85. The highest BCUT2D eigenvalue weighted by Crippen LogP contribution is 2.36. The number of ether oxygens (including phenoxy) is 1. The summed E-state index contributed by atoms with van der Waals surface area (Å²) in [6.07, 6.45) is 5.79. The third kappa shape index (κ3) is 9.61. The van der Waals surface area contributed by atoms with Gasteiger partial charge in [0, 0.05) is 12.5 Å². The lowest BCUT2D eigenvalue weighted by Gasteiger charge is -2.36. The summed E-state index contributed by atoms with van der Waals surface area (Å²) in [5, 5.41) is 9.35. The Morgan fingerprint density at radius 1 is 0.759 bits per heavy atom. The quantitative estimate of drug-likeness (QED) is 0.130. The zero-order chi connectivity index (χ0) is 40.8. The van der Waals surface area contributed by atoms with Gasteiger partial charge in [0.2, 0.25) is 17.7 Å². The number of nitrogens with two attached hydrogens (primary N) is 1. The molecule has 2 aliphatic carbocycles. The number of alkyl carbamates (subject to hydrolysis) is 1. The van der Waals surface area contributed by atoms with E-state index in [0.717, 1.165) is 60.8 Å². The average molecular weight is 784 g/mol. The summed E-state index contributed by atoms with van der Waals surface area (Å²) in [6, 6.07) is 31.3. The third-order valence-electron chi connectivity index (χ3n) is 12.1. The first-order chi connectivity index (χ1) is 27.9. The van der Waals surface area contributed by atoms with Crippen LogP contribution in [0, 0.1) is 5.41 Å². The Balaban J connectivity index is 1.06. The summed E-state index contributed by atoms with van der Waals surface area (Å²) in [7, 11) is 0. The van der Waals surface area contributed by atoms with E-state index in [9.17, 15) is 19.2 Å². The van der Waals surface area contributed by atoms with E-state index in [2.05, 4.69) is 40.2 Å². The lowest BCUT2D eigenvalue weighted by Crippen LogP contribution is -2.58. The van der Waals surface area contributed by atoms with E-state index < -0.39 is 29.6 Å². The van der Waals surface area contributed by atoms with Crippen molar-refractivity contribution < 1.29 is 23.9 Å². The molecule has 0 spiro atoms. The van der Waals surface area contributed by atoms with Gasteiger partial charge in [0.05, 0.1) is 18.1 Å². The molecule has 4 aromatic carbocycles. The minimum atomic E-state index is -0.947. The molecule has 1 saturated heterocycles. The first-order valence-corrected chi connectivity index (χ1v) is 20.8. The van der Waals surface area contributed by atoms with Crippen LogP contribution < -0.4 is 21.7 Å². The standard InChI is InChI=1S/C48H57N5O5/c1-48(2,3)43(52-47(57)58-30-32-13-5-4-6-14-32)46(56)53-29-36(28-42(53)45(55)51-41-22-12-18-35-16-8-10-20-38(35)41)33-25-23-31(24-26-33)27-39(49)44(54)50-40-21-11-17-34-15-7-9-19-37(34)40/h4-10,13-16,19-20,23-26,36,39-43H,11-12,17-18,21-22,27-30,49H2,1-3H3,(H,50,54)(H,51,55)(H,52,57)/t36-,39-,40+,41+,42-,43+/m0/s1. The fourth-order valence-corrected chi connectivity index (χ4v) is 8.89. The van der Waals surface area contributed by atoms with E-state index in [4.69, 9.17) is 10.5 Å². The Labute approximate surface area is 342 Å². The fraction of sp³-hybridized carbons (Fsp3) is 0.417. The summed E-state index contributed by atoms with van der Waals surface area (Å²) >= 11 is 0. The van der Waals surface area contributed by atoms with Gasteiger partial charge in [-0.3, -0.25) is 14.4 Å². The van der Waals surface area contributed by atoms with Crippen molar-refractivity contribution in [2.45, 2.75) is 115 Å². The second-order valence-corrected chi connectivity index (χ2v) is 17.3. The highest BCUT2D eigenvalue weighted by molar-refractivity contribution is 5.93. The Bertz CT molecular complexity index is 2080. The molecule has 0 bridgehead atoms. The molecule has 304 valence electrons. The predicted octanol–water partition coefficient (Wildman–Crippen LogP) is 6.97. The lowest BCUT2D eigenvalue weighted by molar-refractivity contribution is -0.142. The number of carbonyl (C=O) groups excluding carboxylic acids is 4. The maximum absolute atomic E-state index is 14.7. The van der Waals surface area contributed by atoms with E-state index in [0.29, 0.717) is 19.4 Å². The van der Waals surface area contributed by atoms with Gasteiger partial charge in [-0.1, -0.05) is 124 Å². The van der Waals surface area contributed by atoms with E-state index in [1.54, 1.807) is 4.90 Å². The second-order valence-electron chi connectivity index (χ2n) is 17.3. The molecule has 10 nitrogen and oxygen atoms in total. The zero-order valence-corrected chi connectivity index (χ0v) is 33.9. The highest BCUT2D eigenvalue weighted by atomic mass is 16.5. The summed E-state index contributed by atoms with van der Waals surface area (Å²) in [5.41, 5.74) is 13.3. The fourth-order valence-electron chi connectivity index (χ4n) is 8.89. The minimum absolute atomic E-state index is 0.0371.